The highest BCUT2D eigenvalue weighted by atomic mass is 16.5. The second-order valence-corrected chi connectivity index (χ2v) is 5.38. The smallest absolute Gasteiger partial charge is 0.0678 e. The van der Waals surface area contributed by atoms with Crippen LogP contribution in [0.4, 0.5) is 0 Å². The molecule has 1 fully saturated rings. The van der Waals surface area contributed by atoms with Gasteiger partial charge in [0, 0.05) is 38.8 Å². The maximum absolute atomic E-state index is 5.77. The number of rotatable bonds is 6. The van der Waals surface area contributed by atoms with Crippen LogP contribution in [0.25, 0.3) is 0 Å². The average molecular weight is 244 g/mol. The van der Waals surface area contributed by atoms with Gasteiger partial charge in [0.05, 0.1) is 18.8 Å². The molecule has 0 radical (unpaired) electrons. The standard InChI is InChI=1S/C13H28N2O2/c1-10(2)14-6-13(9-16-5)15-7-11(3)17-12(4)8-15/h10-14H,6-9H2,1-5H3. The lowest BCUT2D eigenvalue weighted by atomic mass is 10.1. The maximum atomic E-state index is 5.77. The van der Waals surface area contributed by atoms with Crippen molar-refractivity contribution in [1.82, 2.24) is 10.2 Å². The van der Waals surface area contributed by atoms with Crippen molar-refractivity contribution in [2.45, 2.75) is 52.0 Å². The molecule has 1 N–H and O–H groups in total. The van der Waals surface area contributed by atoms with Crippen LogP contribution in [0.3, 0.4) is 0 Å². The van der Waals surface area contributed by atoms with Gasteiger partial charge in [0.15, 0.2) is 0 Å². The highest BCUT2D eigenvalue weighted by molar-refractivity contribution is 4.81. The molecule has 1 aliphatic rings. The monoisotopic (exact) mass is 244 g/mol. The van der Waals surface area contributed by atoms with E-state index in [2.05, 4.69) is 37.9 Å². The molecule has 1 heterocycles. The third-order valence-electron chi connectivity index (χ3n) is 3.09. The van der Waals surface area contributed by atoms with Crippen LogP contribution >= 0.6 is 0 Å². The number of methoxy groups -OCH3 is 1. The van der Waals surface area contributed by atoms with Crippen LogP contribution < -0.4 is 5.32 Å². The van der Waals surface area contributed by atoms with E-state index >= 15 is 0 Å². The van der Waals surface area contributed by atoms with Crippen LogP contribution in [0.1, 0.15) is 27.7 Å². The van der Waals surface area contributed by atoms with Crippen molar-refractivity contribution in [2.75, 3.05) is 33.4 Å². The van der Waals surface area contributed by atoms with Crippen LogP contribution in [0.5, 0.6) is 0 Å². The Labute approximate surface area is 106 Å². The predicted molar refractivity (Wildman–Crippen MR) is 70.4 cm³/mol. The second kappa shape index (κ2) is 7.31. The van der Waals surface area contributed by atoms with E-state index in [1.807, 2.05) is 0 Å². The number of nitrogens with zero attached hydrogens (tertiary/aromatic N) is 1. The zero-order valence-corrected chi connectivity index (χ0v) is 11.9. The van der Waals surface area contributed by atoms with Gasteiger partial charge in [0.1, 0.15) is 0 Å². The molecule has 4 heteroatoms. The molecule has 1 aliphatic heterocycles. The van der Waals surface area contributed by atoms with Crippen LogP contribution in [0.15, 0.2) is 0 Å². The fourth-order valence-corrected chi connectivity index (χ4v) is 2.37. The van der Waals surface area contributed by atoms with Crippen molar-refractivity contribution >= 4 is 0 Å². The second-order valence-electron chi connectivity index (χ2n) is 5.38. The Balaban J connectivity index is 2.49. The molecule has 102 valence electrons. The zero-order valence-electron chi connectivity index (χ0n) is 11.9. The quantitative estimate of drug-likeness (QED) is 0.759. The molecule has 0 amide bonds. The van der Waals surface area contributed by atoms with Gasteiger partial charge in [-0.2, -0.15) is 0 Å². The largest absolute Gasteiger partial charge is 0.383 e. The predicted octanol–water partition coefficient (Wildman–Crippen LogP) is 1.11. The van der Waals surface area contributed by atoms with Gasteiger partial charge in [0.2, 0.25) is 0 Å². The Morgan fingerprint density at radius 1 is 1.29 bits per heavy atom. The first-order chi connectivity index (χ1) is 8.02. The molecule has 3 unspecified atom stereocenters. The minimum Gasteiger partial charge on any atom is -0.383 e. The Kier molecular flexibility index (Phi) is 6.41. The molecule has 0 aromatic rings. The van der Waals surface area contributed by atoms with E-state index in [9.17, 15) is 0 Å². The molecule has 4 nitrogen and oxygen atoms in total. The molecule has 0 aliphatic carbocycles. The molecule has 0 saturated carbocycles. The van der Waals surface area contributed by atoms with Gasteiger partial charge >= 0.3 is 0 Å². The van der Waals surface area contributed by atoms with Crippen molar-refractivity contribution in [3.8, 4) is 0 Å². The summed E-state index contributed by atoms with van der Waals surface area (Å²) in [5.41, 5.74) is 0. The molecule has 1 rings (SSSR count). The summed E-state index contributed by atoms with van der Waals surface area (Å²) in [5.74, 6) is 0. The van der Waals surface area contributed by atoms with Crippen LogP contribution in [0, 0.1) is 0 Å². The summed E-state index contributed by atoms with van der Waals surface area (Å²) in [7, 11) is 1.77. The van der Waals surface area contributed by atoms with Crippen molar-refractivity contribution in [3.05, 3.63) is 0 Å². The summed E-state index contributed by atoms with van der Waals surface area (Å²) >= 11 is 0. The van der Waals surface area contributed by atoms with E-state index < -0.39 is 0 Å². The minimum atomic E-state index is 0.317. The first kappa shape index (κ1) is 14.9. The molecule has 0 aromatic heterocycles. The van der Waals surface area contributed by atoms with Crippen LogP contribution in [-0.4, -0.2) is 62.5 Å². The number of ether oxygens (including phenoxy) is 2. The Morgan fingerprint density at radius 2 is 1.88 bits per heavy atom. The number of hydrogen-bond acceptors (Lipinski definition) is 4. The Hall–Kier alpha value is -0.160. The van der Waals surface area contributed by atoms with Crippen molar-refractivity contribution in [3.63, 3.8) is 0 Å². The zero-order chi connectivity index (χ0) is 12.8. The topological polar surface area (TPSA) is 33.7 Å². The number of morpholine rings is 1. The SMILES string of the molecule is COCC(CNC(C)C)N1CC(C)OC(C)C1. The van der Waals surface area contributed by atoms with E-state index in [-0.39, 0.29) is 0 Å². The maximum Gasteiger partial charge on any atom is 0.0678 e. The summed E-state index contributed by atoms with van der Waals surface area (Å²) in [6, 6.07) is 0.960. The van der Waals surface area contributed by atoms with Crippen LogP contribution in [-0.2, 0) is 9.47 Å². The van der Waals surface area contributed by atoms with Crippen molar-refractivity contribution < 1.29 is 9.47 Å². The molecule has 0 spiro atoms. The Bertz CT molecular complexity index is 202. The fraction of sp³-hybridized carbons (Fsp3) is 1.00. The van der Waals surface area contributed by atoms with Gasteiger partial charge in [-0.1, -0.05) is 13.8 Å². The highest BCUT2D eigenvalue weighted by Crippen LogP contribution is 2.13. The normalized spacial score (nSPS) is 28.6. The van der Waals surface area contributed by atoms with Gasteiger partial charge in [-0.15, -0.1) is 0 Å². The number of hydrogen-bond donors (Lipinski definition) is 1. The summed E-state index contributed by atoms with van der Waals surface area (Å²) in [6.45, 7) is 12.4. The van der Waals surface area contributed by atoms with E-state index in [4.69, 9.17) is 9.47 Å². The van der Waals surface area contributed by atoms with E-state index in [0.29, 0.717) is 24.3 Å². The lowest BCUT2D eigenvalue weighted by molar-refractivity contribution is -0.0872. The van der Waals surface area contributed by atoms with E-state index in [1.54, 1.807) is 7.11 Å². The van der Waals surface area contributed by atoms with Crippen LogP contribution in [0.2, 0.25) is 0 Å². The third kappa shape index (κ3) is 5.34. The molecule has 0 bridgehead atoms. The lowest BCUT2D eigenvalue weighted by Crippen LogP contribution is -2.54. The van der Waals surface area contributed by atoms with Gasteiger partial charge in [-0.25, -0.2) is 0 Å². The summed E-state index contributed by atoms with van der Waals surface area (Å²) in [4.78, 5) is 2.48. The first-order valence-electron chi connectivity index (χ1n) is 6.64. The molecule has 0 aromatic carbocycles. The molecule has 1 saturated heterocycles. The molecule has 17 heavy (non-hydrogen) atoms. The van der Waals surface area contributed by atoms with Gasteiger partial charge < -0.3 is 14.8 Å². The minimum absolute atomic E-state index is 0.317. The van der Waals surface area contributed by atoms with Gasteiger partial charge in [0.25, 0.3) is 0 Å². The Morgan fingerprint density at radius 3 is 2.35 bits per heavy atom. The lowest BCUT2D eigenvalue weighted by Gasteiger charge is -2.40. The molecular formula is C13H28N2O2. The van der Waals surface area contributed by atoms with E-state index in [0.717, 1.165) is 26.2 Å². The first-order valence-corrected chi connectivity index (χ1v) is 6.64. The summed E-state index contributed by atoms with van der Waals surface area (Å²) < 4.78 is 11.1. The highest BCUT2D eigenvalue weighted by Gasteiger charge is 2.27. The van der Waals surface area contributed by atoms with Crippen molar-refractivity contribution in [2.24, 2.45) is 0 Å². The molecular weight excluding hydrogens is 216 g/mol. The van der Waals surface area contributed by atoms with Crippen molar-refractivity contribution in [1.29, 1.82) is 0 Å². The number of nitrogens with one attached hydrogen (secondary N) is 1. The van der Waals surface area contributed by atoms with E-state index in [1.165, 1.54) is 0 Å². The average Bonchev–Trinajstić information content (AvgIpc) is 2.22. The van der Waals surface area contributed by atoms with Gasteiger partial charge in [-0.05, 0) is 13.8 Å². The van der Waals surface area contributed by atoms with Gasteiger partial charge in [-0.3, -0.25) is 4.90 Å². The fourth-order valence-electron chi connectivity index (χ4n) is 2.37. The molecule has 3 atom stereocenters. The summed E-state index contributed by atoms with van der Waals surface area (Å²) in [5, 5.41) is 3.49. The third-order valence-corrected chi connectivity index (χ3v) is 3.09. The summed E-state index contributed by atoms with van der Waals surface area (Å²) in [6.07, 6.45) is 0.634.